The van der Waals surface area contributed by atoms with Crippen LogP contribution in [0.1, 0.15) is 36.2 Å². The van der Waals surface area contributed by atoms with Gasteiger partial charge in [-0.3, -0.25) is 14.5 Å². The minimum atomic E-state index is -1.17. The summed E-state index contributed by atoms with van der Waals surface area (Å²) in [6, 6.07) is 7.31. The van der Waals surface area contributed by atoms with Crippen LogP contribution in [0, 0.1) is 0 Å². The molecule has 1 unspecified atom stereocenters. The molecule has 0 saturated carbocycles. The van der Waals surface area contributed by atoms with Crippen LogP contribution in [0.5, 0.6) is 0 Å². The van der Waals surface area contributed by atoms with Crippen molar-refractivity contribution in [3.63, 3.8) is 0 Å². The lowest BCUT2D eigenvalue weighted by Crippen LogP contribution is -2.38. The molecule has 2 heterocycles. The number of amides is 1. The average Bonchev–Trinajstić information content (AvgIpc) is 3.22. The molecule has 1 atom stereocenters. The highest BCUT2D eigenvalue weighted by molar-refractivity contribution is 5.94. The van der Waals surface area contributed by atoms with Crippen LogP contribution in [0.2, 0.25) is 0 Å². The van der Waals surface area contributed by atoms with Gasteiger partial charge in [-0.1, -0.05) is 0 Å². The highest BCUT2D eigenvalue weighted by Crippen LogP contribution is 2.21. The first kappa shape index (κ1) is 17.2. The largest absolute Gasteiger partial charge is 0.383 e. The number of nitrogens with one attached hydrogen (secondary N) is 1. The monoisotopic (exact) mass is 341 g/mol. The molecule has 7 heteroatoms. The van der Waals surface area contributed by atoms with Crippen LogP contribution < -0.4 is 10.3 Å². The lowest BCUT2D eigenvalue weighted by atomic mass is 9.99. The maximum atomic E-state index is 12.3. The van der Waals surface area contributed by atoms with Gasteiger partial charge >= 0.3 is 0 Å². The van der Waals surface area contributed by atoms with Crippen LogP contribution in [0.25, 0.3) is 0 Å². The maximum Gasteiger partial charge on any atom is 0.251 e. The zero-order valence-corrected chi connectivity index (χ0v) is 14.7. The SMILES string of the molecule is CC1=NN(c2ccc(C(=O)NCC(C)(O)c3cnn(C)c3)cc2)CC1. The number of nitrogens with zero attached hydrogens (tertiary/aromatic N) is 4. The van der Waals surface area contributed by atoms with E-state index in [0.29, 0.717) is 11.1 Å². The fourth-order valence-corrected chi connectivity index (χ4v) is 2.70. The Morgan fingerprint density at radius 3 is 2.64 bits per heavy atom. The van der Waals surface area contributed by atoms with Crippen molar-refractivity contribution in [3.05, 3.63) is 47.8 Å². The van der Waals surface area contributed by atoms with Gasteiger partial charge in [-0.15, -0.1) is 0 Å². The Morgan fingerprint density at radius 1 is 1.36 bits per heavy atom. The molecular formula is C18H23N5O2. The number of aromatic nitrogens is 2. The molecule has 3 rings (SSSR count). The molecule has 1 aromatic carbocycles. The van der Waals surface area contributed by atoms with Crippen molar-refractivity contribution >= 4 is 17.3 Å². The molecule has 0 bridgehead atoms. The Hall–Kier alpha value is -2.67. The number of hydrazone groups is 1. The number of anilines is 1. The smallest absolute Gasteiger partial charge is 0.251 e. The molecule has 1 aliphatic rings. The van der Waals surface area contributed by atoms with Gasteiger partial charge in [0.15, 0.2) is 0 Å². The summed E-state index contributed by atoms with van der Waals surface area (Å²) in [4.78, 5) is 12.3. The number of rotatable bonds is 5. The van der Waals surface area contributed by atoms with Gasteiger partial charge in [-0.25, -0.2) is 0 Å². The summed E-state index contributed by atoms with van der Waals surface area (Å²) < 4.78 is 1.62. The number of hydrogen-bond donors (Lipinski definition) is 2. The number of aliphatic hydroxyl groups is 1. The molecule has 1 aromatic heterocycles. The third kappa shape index (κ3) is 3.88. The first-order valence-corrected chi connectivity index (χ1v) is 8.26. The van der Waals surface area contributed by atoms with Crippen LogP contribution in [-0.4, -0.2) is 39.6 Å². The van der Waals surface area contributed by atoms with Gasteiger partial charge in [0.05, 0.1) is 18.4 Å². The van der Waals surface area contributed by atoms with Crippen molar-refractivity contribution in [3.8, 4) is 0 Å². The van der Waals surface area contributed by atoms with E-state index >= 15 is 0 Å². The van der Waals surface area contributed by atoms with Crippen LogP contribution in [0.15, 0.2) is 41.8 Å². The molecular weight excluding hydrogens is 318 g/mol. The molecule has 0 spiro atoms. The maximum absolute atomic E-state index is 12.3. The molecule has 25 heavy (non-hydrogen) atoms. The van der Waals surface area contributed by atoms with E-state index in [4.69, 9.17) is 0 Å². The zero-order chi connectivity index (χ0) is 18.0. The predicted octanol–water partition coefficient (Wildman–Crippen LogP) is 1.64. The van der Waals surface area contributed by atoms with Crippen molar-refractivity contribution < 1.29 is 9.90 Å². The van der Waals surface area contributed by atoms with Gasteiger partial charge in [-0.2, -0.15) is 10.2 Å². The number of aryl methyl sites for hydroxylation is 1. The molecule has 1 aliphatic heterocycles. The molecule has 0 aliphatic carbocycles. The summed E-state index contributed by atoms with van der Waals surface area (Å²) in [6.07, 6.45) is 4.30. The molecule has 2 aromatic rings. The highest BCUT2D eigenvalue weighted by atomic mass is 16.3. The van der Waals surface area contributed by atoms with Crippen molar-refractivity contribution in [1.29, 1.82) is 0 Å². The minimum absolute atomic E-state index is 0.106. The number of carbonyl (C=O) groups is 1. The Balaban J connectivity index is 1.61. The second-order valence-corrected chi connectivity index (χ2v) is 6.61. The lowest BCUT2D eigenvalue weighted by molar-refractivity contribution is 0.0526. The van der Waals surface area contributed by atoms with E-state index in [0.717, 1.165) is 24.4 Å². The topological polar surface area (TPSA) is 82.8 Å². The van der Waals surface area contributed by atoms with E-state index < -0.39 is 5.60 Å². The molecule has 0 fully saturated rings. The molecule has 0 radical (unpaired) electrons. The second-order valence-electron chi connectivity index (χ2n) is 6.61. The van der Waals surface area contributed by atoms with Gasteiger partial charge in [0.25, 0.3) is 5.91 Å². The number of carbonyl (C=O) groups excluding carboxylic acids is 1. The van der Waals surface area contributed by atoms with E-state index in [1.54, 1.807) is 43.2 Å². The summed E-state index contributed by atoms with van der Waals surface area (Å²) >= 11 is 0. The Kier molecular flexibility index (Phi) is 4.59. The molecule has 2 N–H and O–H groups in total. The third-order valence-corrected chi connectivity index (χ3v) is 4.32. The third-order valence-electron chi connectivity index (χ3n) is 4.32. The van der Waals surface area contributed by atoms with Crippen molar-refractivity contribution in [1.82, 2.24) is 15.1 Å². The van der Waals surface area contributed by atoms with Gasteiger partial charge in [0, 0.05) is 43.0 Å². The van der Waals surface area contributed by atoms with E-state index in [2.05, 4.69) is 15.5 Å². The summed E-state index contributed by atoms with van der Waals surface area (Å²) in [6.45, 7) is 4.64. The summed E-state index contributed by atoms with van der Waals surface area (Å²) in [5.41, 5.74) is 2.11. The van der Waals surface area contributed by atoms with E-state index in [1.807, 2.05) is 24.1 Å². The van der Waals surface area contributed by atoms with E-state index in [1.165, 1.54) is 0 Å². The Bertz CT molecular complexity index is 792. The predicted molar refractivity (Wildman–Crippen MR) is 96.6 cm³/mol. The quantitative estimate of drug-likeness (QED) is 0.866. The lowest BCUT2D eigenvalue weighted by Gasteiger charge is -2.22. The molecule has 0 saturated heterocycles. The minimum Gasteiger partial charge on any atom is -0.383 e. The highest BCUT2D eigenvalue weighted by Gasteiger charge is 2.25. The van der Waals surface area contributed by atoms with Gasteiger partial charge < -0.3 is 10.4 Å². The van der Waals surface area contributed by atoms with Gasteiger partial charge in [0.2, 0.25) is 0 Å². The average molecular weight is 341 g/mol. The normalized spacial score (nSPS) is 16.5. The van der Waals surface area contributed by atoms with Gasteiger partial charge in [0.1, 0.15) is 5.60 Å². The van der Waals surface area contributed by atoms with Crippen molar-refractivity contribution in [2.24, 2.45) is 12.1 Å². The van der Waals surface area contributed by atoms with E-state index in [-0.39, 0.29) is 12.5 Å². The van der Waals surface area contributed by atoms with Crippen LogP contribution in [0.3, 0.4) is 0 Å². The number of hydrogen-bond acceptors (Lipinski definition) is 5. The molecule has 7 nitrogen and oxygen atoms in total. The van der Waals surface area contributed by atoms with Crippen LogP contribution >= 0.6 is 0 Å². The standard InChI is InChI=1S/C18H23N5O2/c1-13-8-9-23(21-13)16-6-4-14(5-7-16)17(24)19-12-18(2,25)15-10-20-22(3)11-15/h4-7,10-11,25H,8-9,12H2,1-3H3,(H,19,24). The van der Waals surface area contributed by atoms with Gasteiger partial charge in [-0.05, 0) is 38.1 Å². The Labute approximate surface area is 147 Å². The molecule has 132 valence electrons. The van der Waals surface area contributed by atoms with Crippen LogP contribution in [0.4, 0.5) is 5.69 Å². The summed E-state index contributed by atoms with van der Waals surface area (Å²) in [7, 11) is 1.78. The Morgan fingerprint density at radius 2 is 2.08 bits per heavy atom. The fourth-order valence-electron chi connectivity index (χ4n) is 2.70. The molecule has 1 amide bonds. The van der Waals surface area contributed by atoms with Crippen molar-refractivity contribution in [2.45, 2.75) is 25.9 Å². The first-order chi connectivity index (χ1) is 11.8. The van der Waals surface area contributed by atoms with Crippen LogP contribution in [-0.2, 0) is 12.6 Å². The summed E-state index contributed by atoms with van der Waals surface area (Å²) in [5, 5.41) is 23.7. The van der Waals surface area contributed by atoms with E-state index in [9.17, 15) is 9.90 Å². The fraction of sp³-hybridized carbons (Fsp3) is 0.389. The summed E-state index contributed by atoms with van der Waals surface area (Å²) in [5.74, 6) is -0.225. The zero-order valence-electron chi connectivity index (χ0n) is 14.7. The van der Waals surface area contributed by atoms with Crippen molar-refractivity contribution in [2.75, 3.05) is 18.1 Å². The first-order valence-electron chi connectivity index (χ1n) is 8.26. The second kappa shape index (κ2) is 6.68. The number of benzene rings is 1.